The van der Waals surface area contributed by atoms with E-state index in [1.165, 1.54) is 0 Å². The molecule has 13 heteroatoms. The summed E-state index contributed by atoms with van der Waals surface area (Å²) in [4.78, 5) is 24.3. The average molecular weight is 521 g/mol. The highest BCUT2D eigenvalue weighted by molar-refractivity contribution is 5.52. The van der Waals surface area contributed by atoms with E-state index in [4.69, 9.17) is 9.47 Å². The van der Waals surface area contributed by atoms with Gasteiger partial charge in [-0.15, -0.1) is 0 Å². The minimum Gasteiger partial charge on any atom is -0.473 e. The number of piperazine rings is 1. The monoisotopic (exact) mass is 521 g/mol. The van der Waals surface area contributed by atoms with Crippen molar-refractivity contribution in [3.8, 4) is 17.4 Å². The summed E-state index contributed by atoms with van der Waals surface area (Å²) in [6, 6.07) is 6.00. The second-order valence-corrected chi connectivity index (χ2v) is 9.37. The van der Waals surface area contributed by atoms with Gasteiger partial charge in [-0.3, -0.25) is 14.5 Å². The molecule has 0 spiro atoms. The molecule has 2 fully saturated rings. The van der Waals surface area contributed by atoms with Crippen molar-refractivity contribution in [1.29, 1.82) is 0 Å². The number of aromatic nitrogens is 3. The fourth-order valence-corrected chi connectivity index (χ4v) is 5.49. The number of anilines is 1. The highest BCUT2D eigenvalue weighted by atomic mass is 19.4. The minimum atomic E-state index is -4.74. The molecule has 37 heavy (non-hydrogen) atoms. The number of ether oxygens (including phenoxy) is 2. The van der Waals surface area contributed by atoms with Crippen molar-refractivity contribution in [1.82, 2.24) is 19.4 Å². The van der Waals surface area contributed by atoms with Crippen molar-refractivity contribution >= 4 is 5.82 Å². The number of fused-ring (bicyclic) bond motifs is 7. The first-order valence-electron chi connectivity index (χ1n) is 11.5. The topological polar surface area (TPSA) is 72.7 Å². The van der Waals surface area contributed by atoms with Crippen LogP contribution in [0.1, 0.15) is 17.7 Å². The molecular weight excluding hydrogens is 501 g/mol. The number of halogens is 5. The van der Waals surface area contributed by atoms with Gasteiger partial charge in [0.1, 0.15) is 23.9 Å². The Labute approximate surface area is 206 Å². The van der Waals surface area contributed by atoms with Gasteiger partial charge in [0.2, 0.25) is 5.88 Å². The molecule has 8 nitrogen and oxygen atoms in total. The van der Waals surface area contributed by atoms with E-state index in [2.05, 4.69) is 26.8 Å². The number of benzene rings is 1. The van der Waals surface area contributed by atoms with Crippen molar-refractivity contribution < 1.29 is 31.4 Å². The smallest absolute Gasteiger partial charge is 0.433 e. The molecule has 0 amide bonds. The Morgan fingerprint density at radius 3 is 2.57 bits per heavy atom. The molecule has 0 aliphatic carbocycles. The number of rotatable bonds is 5. The van der Waals surface area contributed by atoms with Crippen LogP contribution in [0, 0.1) is 11.6 Å². The lowest BCUT2D eigenvalue weighted by Crippen LogP contribution is -2.50. The van der Waals surface area contributed by atoms with Gasteiger partial charge in [-0.25, -0.2) is 13.6 Å². The van der Waals surface area contributed by atoms with Crippen molar-refractivity contribution in [2.75, 3.05) is 18.5 Å². The number of likely N-dealkylation sites (tertiary alicyclic amines) is 1. The standard InChI is InChI=1S/C24H20F5N5O3/c1-32-9-13-6-17(32)18-10-33-21(34(13)18)8-20(31-23(33)35)36-11-12-4-15(25)22(16(26)5-12)37-14-2-3-30-19(7-14)24(27,28)29/h2-5,7-8,13,17-18H,6,9-11H2,1H3. The molecule has 3 aliphatic heterocycles. The van der Waals surface area contributed by atoms with Gasteiger partial charge in [0.25, 0.3) is 0 Å². The van der Waals surface area contributed by atoms with E-state index in [0.717, 1.165) is 43.2 Å². The summed E-state index contributed by atoms with van der Waals surface area (Å²) in [7, 11) is 2.08. The number of nitrogens with zero attached hydrogens (tertiary/aromatic N) is 5. The normalized spacial score (nSPS) is 22.3. The summed E-state index contributed by atoms with van der Waals surface area (Å²) in [6.07, 6.45) is -2.88. The zero-order valence-electron chi connectivity index (χ0n) is 19.4. The second kappa shape index (κ2) is 8.40. The van der Waals surface area contributed by atoms with Crippen molar-refractivity contribution in [3.05, 3.63) is 69.9 Å². The summed E-state index contributed by atoms with van der Waals surface area (Å²) in [6.45, 7) is 1.15. The molecule has 3 aromatic rings. The highest BCUT2D eigenvalue weighted by Crippen LogP contribution is 2.43. The van der Waals surface area contributed by atoms with Gasteiger partial charge in [0.05, 0.1) is 12.6 Å². The molecule has 3 unspecified atom stereocenters. The summed E-state index contributed by atoms with van der Waals surface area (Å²) in [5.41, 5.74) is -1.63. The lowest BCUT2D eigenvalue weighted by atomic mass is 10.1. The van der Waals surface area contributed by atoms with E-state index < -0.39 is 40.7 Å². The lowest BCUT2D eigenvalue weighted by molar-refractivity contribution is -0.141. The van der Waals surface area contributed by atoms with Gasteiger partial charge < -0.3 is 14.4 Å². The van der Waals surface area contributed by atoms with Crippen LogP contribution in [0.3, 0.4) is 0 Å². The van der Waals surface area contributed by atoms with Crippen LogP contribution in [0.5, 0.6) is 17.4 Å². The molecule has 3 atom stereocenters. The molecule has 2 bridgehead atoms. The van der Waals surface area contributed by atoms with Crippen molar-refractivity contribution in [2.24, 2.45) is 0 Å². The first-order chi connectivity index (χ1) is 17.6. The first-order valence-corrected chi connectivity index (χ1v) is 11.5. The Morgan fingerprint density at radius 1 is 1.08 bits per heavy atom. The Hall–Kier alpha value is -3.74. The SMILES string of the molecule is CN1CC2CC1C1Cn3c(cc(OCc4cc(F)c(Oc5ccnc(C(F)(F)F)c5)c(F)c4)nc3=O)N21. The van der Waals surface area contributed by atoms with E-state index in [0.29, 0.717) is 24.7 Å². The molecule has 0 saturated carbocycles. The van der Waals surface area contributed by atoms with Crippen LogP contribution in [-0.2, 0) is 19.3 Å². The predicted octanol–water partition coefficient (Wildman–Crippen LogP) is 3.58. The summed E-state index contributed by atoms with van der Waals surface area (Å²) in [5.74, 6) is -2.80. The zero-order valence-corrected chi connectivity index (χ0v) is 19.4. The maximum absolute atomic E-state index is 14.6. The molecule has 5 heterocycles. The van der Waals surface area contributed by atoms with Crippen LogP contribution in [0.15, 0.2) is 41.3 Å². The van der Waals surface area contributed by atoms with Gasteiger partial charge in [-0.1, -0.05) is 0 Å². The maximum Gasteiger partial charge on any atom is 0.433 e. The molecule has 2 saturated heterocycles. The predicted molar refractivity (Wildman–Crippen MR) is 120 cm³/mol. The largest absolute Gasteiger partial charge is 0.473 e. The van der Waals surface area contributed by atoms with E-state index in [9.17, 15) is 26.7 Å². The molecule has 2 aromatic heterocycles. The Kier molecular flexibility index (Phi) is 5.37. The molecule has 1 aromatic carbocycles. The Morgan fingerprint density at radius 2 is 1.84 bits per heavy atom. The summed E-state index contributed by atoms with van der Waals surface area (Å²) in [5, 5.41) is 0. The lowest BCUT2D eigenvalue weighted by Gasteiger charge is -2.35. The molecule has 3 aliphatic rings. The van der Waals surface area contributed by atoms with E-state index in [1.807, 2.05) is 0 Å². The van der Waals surface area contributed by atoms with Gasteiger partial charge in [0, 0.05) is 37.0 Å². The number of pyridine rings is 1. The van der Waals surface area contributed by atoms with Gasteiger partial charge in [-0.2, -0.15) is 18.2 Å². The van der Waals surface area contributed by atoms with Crippen molar-refractivity contribution in [2.45, 2.75) is 43.9 Å². The van der Waals surface area contributed by atoms with E-state index in [-0.39, 0.29) is 24.1 Å². The van der Waals surface area contributed by atoms with E-state index >= 15 is 0 Å². The third-order valence-electron chi connectivity index (χ3n) is 7.06. The molecule has 0 radical (unpaired) electrons. The van der Waals surface area contributed by atoms with Crippen LogP contribution in [0.4, 0.5) is 27.8 Å². The molecular formula is C24H20F5N5O3. The fourth-order valence-electron chi connectivity index (χ4n) is 5.49. The van der Waals surface area contributed by atoms with Crippen LogP contribution in [-0.4, -0.2) is 51.2 Å². The summed E-state index contributed by atoms with van der Waals surface area (Å²) < 4.78 is 80.1. The quantitative estimate of drug-likeness (QED) is 0.476. The van der Waals surface area contributed by atoms with Crippen LogP contribution in [0.25, 0.3) is 0 Å². The second-order valence-electron chi connectivity index (χ2n) is 9.37. The molecule has 6 rings (SSSR count). The zero-order chi connectivity index (χ0) is 26.1. The molecule has 194 valence electrons. The average Bonchev–Trinajstić information content (AvgIpc) is 3.50. The number of likely N-dealkylation sites (N-methyl/N-ethyl adjacent to an activating group) is 1. The van der Waals surface area contributed by atoms with Gasteiger partial charge in [0.15, 0.2) is 17.4 Å². The number of hydrogen-bond acceptors (Lipinski definition) is 7. The van der Waals surface area contributed by atoms with Crippen molar-refractivity contribution in [3.63, 3.8) is 0 Å². The molecule has 0 N–H and O–H groups in total. The first kappa shape index (κ1) is 23.6. The fraction of sp³-hybridized carbons (Fsp3) is 0.375. The van der Waals surface area contributed by atoms with Gasteiger partial charge >= 0.3 is 11.9 Å². The minimum absolute atomic E-state index is 0.0330. The van der Waals surface area contributed by atoms with Crippen LogP contribution >= 0.6 is 0 Å². The number of hydrogen-bond donors (Lipinski definition) is 0. The van der Waals surface area contributed by atoms with E-state index in [1.54, 1.807) is 10.6 Å². The highest BCUT2D eigenvalue weighted by Gasteiger charge is 2.52. The Bertz CT molecular complexity index is 1420. The Balaban J connectivity index is 1.18. The summed E-state index contributed by atoms with van der Waals surface area (Å²) >= 11 is 0. The third-order valence-corrected chi connectivity index (χ3v) is 7.06. The van der Waals surface area contributed by atoms with Crippen LogP contribution in [0.2, 0.25) is 0 Å². The van der Waals surface area contributed by atoms with Gasteiger partial charge in [-0.05, 0) is 37.2 Å². The third kappa shape index (κ3) is 4.06. The number of alkyl halides is 3. The van der Waals surface area contributed by atoms with Crippen LogP contribution < -0.4 is 20.1 Å². The maximum atomic E-state index is 14.6.